The number of hydrogen-bond acceptors (Lipinski definition) is 4. The predicted octanol–water partition coefficient (Wildman–Crippen LogP) is 5.52. The van der Waals surface area contributed by atoms with Gasteiger partial charge in [0.15, 0.2) is 5.82 Å². The highest BCUT2D eigenvalue weighted by atomic mass is 35.5. The lowest BCUT2D eigenvalue weighted by molar-refractivity contribution is -0.126. The number of fused-ring (bicyclic) bond motifs is 2. The van der Waals surface area contributed by atoms with Crippen LogP contribution in [0.5, 0.6) is 0 Å². The molecule has 172 valence electrons. The van der Waals surface area contributed by atoms with Crippen LogP contribution in [-0.2, 0) is 4.79 Å². The van der Waals surface area contributed by atoms with Gasteiger partial charge in [0, 0.05) is 54.9 Å². The SMILES string of the molecule is C=CC(=O)N1CCN(c2c(C)cnc3c(F)c(-c4cccc5ccc(F)c(Cl)c45)ncc23)CC1. The lowest BCUT2D eigenvalue weighted by Gasteiger charge is -2.36. The van der Waals surface area contributed by atoms with E-state index in [2.05, 4.69) is 21.4 Å². The van der Waals surface area contributed by atoms with E-state index < -0.39 is 11.6 Å². The van der Waals surface area contributed by atoms with Gasteiger partial charge in [-0.05, 0) is 30.0 Å². The van der Waals surface area contributed by atoms with E-state index in [1.807, 2.05) is 6.92 Å². The van der Waals surface area contributed by atoms with Gasteiger partial charge in [-0.25, -0.2) is 8.78 Å². The number of carbonyl (C=O) groups excluding carboxylic acids is 1. The van der Waals surface area contributed by atoms with Gasteiger partial charge in [0.2, 0.25) is 5.91 Å². The van der Waals surface area contributed by atoms with Crippen molar-refractivity contribution >= 4 is 44.9 Å². The number of benzene rings is 2. The van der Waals surface area contributed by atoms with Gasteiger partial charge >= 0.3 is 0 Å². The third-order valence-electron chi connectivity index (χ3n) is 6.28. The fraction of sp³-hybridized carbons (Fsp3) is 0.192. The van der Waals surface area contributed by atoms with Gasteiger partial charge in [-0.3, -0.25) is 14.8 Å². The lowest BCUT2D eigenvalue weighted by Crippen LogP contribution is -2.48. The van der Waals surface area contributed by atoms with E-state index in [0.717, 1.165) is 11.3 Å². The van der Waals surface area contributed by atoms with E-state index in [1.54, 1.807) is 41.6 Å². The number of anilines is 1. The number of halogens is 3. The zero-order valence-corrected chi connectivity index (χ0v) is 19.2. The van der Waals surface area contributed by atoms with Crippen molar-refractivity contribution in [3.63, 3.8) is 0 Å². The van der Waals surface area contributed by atoms with Crippen molar-refractivity contribution in [2.75, 3.05) is 31.1 Å². The topological polar surface area (TPSA) is 49.3 Å². The molecule has 1 aliphatic heterocycles. The molecular formula is C26H21ClF2N4O. The third-order valence-corrected chi connectivity index (χ3v) is 6.65. The summed E-state index contributed by atoms with van der Waals surface area (Å²) in [5.74, 6) is -1.27. The van der Waals surface area contributed by atoms with Crippen LogP contribution in [0.15, 0.2) is 55.4 Å². The number of hydrogen-bond donors (Lipinski definition) is 0. The van der Waals surface area contributed by atoms with E-state index in [1.165, 1.54) is 12.1 Å². The van der Waals surface area contributed by atoms with Gasteiger partial charge in [0.25, 0.3) is 0 Å². The Balaban J connectivity index is 1.62. The van der Waals surface area contributed by atoms with Crippen LogP contribution in [0.1, 0.15) is 5.56 Å². The second kappa shape index (κ2) is 8.65. The smallest absolute Gasteiger partial charge is 0.246 e. The normalized spacial score (nSPS) is 14.1. The average Bonchev–Trinajstić information content (AvgIpc) is 2.86. The maximum atomic E-state index is 15.9. The van der Waals surface area contributed by atoms with Crippen molar-refractivity contribution in [2.24, 2.45) is 0 Å². The molecule has 1 aliphatic rings. The molecule has 8 heteroatoms. The second-order valence-corrected chi connectivity index (χ2v) is 8.63. The molecule has 0 spiro atoms. The molecule has 1 amide bonds. The number of aryl methyl sites for hydroxylation is 1. The van der Waals surface area contributed by atoms with E-state index in [4.69, 9.17) is 11.6 Å². The minimum atomic E-state index is -0.591. The number of nitrogens with zero attached hydrogens (tertiary/aromatic N) is 4. The van der Waals surface area contributed by atoms with Gasteiger partial charge in [-0.1, -0.05) is 42.4 Å². The van der Waals surface area contributed by atoms with Crippen LogP contribution in [0, 0.1) is 18.6 Å². The summed E-state index contributed by atoms with van der Waals surface area (Å²) < 4.78 is 30.1. The van der Waals surface area contributed by atoms with Gasteiger partial charge in [-0.15, -0.1) is 0 Å². The third kappa shape index (κ3) is 3.56. The van der Waals surface area contributed by atoms with Crippen LogP contribution < -0.4 is 4.90 Å². The first-order valence-electron chi connectivity index (χ1n) is 10.9. The highest BCUT2D eigenvalue weighted by Gasteiger charge is 2.25. The predicted molar refractivity (Wildman–Crippen MR) is 131 cm³/mol. The van der Waals surface area contributed by atoms with E-state index in [0.29, 0.717) is 47.9 Å². The second-order valence-electron chi connectivity index (χ2n) is 8.25. The molecule has 5 nitrogen and oxygen atoms in total. The molecule has 0 unspecified atom stereocenters. The molecule has 0 radical (unpaired) electrons. The molecule has 1 saturated heterocycles. The van der Waals surface area contributed by atoms with E-state index >= 15 is 4.39 Å². The van der Waals surface area contributed by atoms with Crippen LogP contribution in [-0.4, -0.2) is 47.0 Å². The average molecular weight is 479 g/mol. The van der Waals surface area contributed by atoms with Crippen molar-refractivity contribution in [3.05, 3.63) is 77.6 Å². The lowest BCUT2D eigenvalue weighted by atomic mass is 10.00. The van der Waals surface area contributed by atoms with Gasteiger partial charge < -0.3 is 9.80 Å². The summed E-state index contributed by atoms with van der Waals surface area (Å²) in [6.45, 7) is 7.75. The number of rotatable bonds is 3. The molecule has 0 saturated carbocycles. The molecule has 2 aromatic heterocycles. The Morgan fingerprint density at radius 2 is 1.85 bits per heavy atom. The molecule has 0 atom stereocenters. The summed E-state index contributed by atoms with van der Waals surface area (Å²) in [6, 6.07) is 8.12. The Morgan fingerprint density at radius 3 is 2.59 bits per heavy atom. The van der Waals surface area contributed by atoms with Crippen molar-refractivity contribution in [1.29, 1.82) is 0 Å². The van der Waals surface area contributed by atoms with Crippen molar-refractivity contribution in [3.8, 4) is 11.3 Å². The summed E-state index contributed by atoms with van der Waals surface area (Å²) in [6.07, 6.45) is 4.56. The molecule has 34 heavy (non-hydrogen) atoms. The summed E-state index contributed by atoms with van der Waals surface area (Å²) in [5, 5.41) is 1.61. The summed E-state index contributed by atoms with van der Waals surface area (Å²) >= 11 is 6.26. The largest absolute Gasteiger partial charge is 0.367 e. The van der Waals surface area contributed by atoms with E-state index in [9.17, 15) is 9.18 Å². The van der Waals surface area contributed by atoms with Gasteiger partial charge in [0.1, 0.15) is 17.0 Å². The molecule has 0 aliphatic carbocycles. The monoisotopic (exact) mass is 478 g/mol. The summed E-state index contributed by atoms with van der Waals surface area (Å²) in [4.78, 5) is 24.6. The molecule has 0 bridgehead atoms. The van der Waals surface area contributed by atoms with E-state index in [-0.39, 0.29) is 22.1 Å². The zero-order chi connectivity index (χ0) is 24.0. The minimum absolute atomic E-state index is 0.0642. The number of pyridine rings is 2. The number of aromatic nitrogens is 2. The Hall–Kier alpha value is -3.58. The van der Waals surface area contributed by atoms with Gasteiger partial charge in [-0.2, -0.15) is 0 Å². The zero-order valence-electron chi connectivity index (χ0n) is 18.5. The molecule has 4 aromatic rings. The van der Waals surface area contributed by atoms with Crippen LogP contribution in [0.2, 0.25) is 5.02 Å². The van der Waals surface area contributed by atoms with Crippen molar-refractivity contribution in [1.82, 2.24) is 14.9 Å². The maximum absolute atomic E-state index is 15.9. The van der Waals surface area contributed by atoms with Crippen molar-refractivity contribution < 1.29 is 13.6 Å². The van der Waals surface area contributed by atoms with Crippen LogP contribution >= 0.6 is 11.6 Å². The summed E-state index contributed by atoms with van der Waals surface area (Å²) in [7, 11) is 0. The number of piperazine rings is 1. The molecule has 5 rings (SSSR count). The Kier molecular flexibility index (Phi) is 5.65. The van der Waals surface area contributed by atoms with Gasteiger partial charge in [0.05, 0.1) is 10.7 Å². The molecular weight excluding hydrogens is 458 g/mol. The van der Waals surface area contributed by atoms with Crippen LogP contribution in [0.25, 0.3) is 32.9 Å². The molecule has 0 N–H and O–H groups in total. The fourth-order valence-corrected chi connectivity index (χ4v) is 4.88. The Labute approximate surface area is 200 Å². The molecule has 1 fully saturated rings. The molecule has 3 heterocycles. The standard InChI is InChI=1S/C26H21ClF2N4O/c1-3-20(34)32-9-11-33(12-10-32)26-15(2)13-30-25-18(26)14-31-24(23(25)29)17-6-4-5-16-7-8-19(28)22(27)21(16)17/h3-8,13-14H,1,9-12H2,2H3. The summed E-state index contributed by atoms with van der Waals surface area (Å²) in [5.41, 5.74) is 2.38. The first-order chi connectivity index (χ1) is 16.4. The Bertz CT molecular complexity index is 1460. The highest BCUT2D eigenvalue weighted by molar-refractivity contribution is 6.36. The maximum Gasteiger partial charge on any atom is 0.246 e. The molecule has 2 aromatic carbocycles. The first kappa shape index (κ1) is 22.2. The van der Waals surface area contributed by atoms with Crippen molar-refractivity contribution in [2.45, 2.75) is 6.92 Å². The first-order valence-corrected chi connectivity index (χ1v) is 11.3. The highest BCUT2D eigenvalue weighted by Crippen LogP contribution is 2.38. The minimum Gasteiger partial charge on any atom is -0.367 e. The quantitative estimate of drug-likeness (QED) is 0.363. The number of carbonyl (C=O) groups is 1. The Morgan fingerprint density at radius 1 is 1.09 bits per heavy atom. The van der Waals surface area contributed by atoms with Crippen LogP contribution in [0.4, 0.5) is 14.5 Å². The van der Waals surface area contributed by atoms with Crippen LogP contribution in [0.3, 0.4) is 0 Å². The fourth-order valence-electron chi connectivity index (χ4n) is 4.61. The number of amides is 1.